The molecule has 1 aliphatic rings. The fourth-order valence-corrected chi connectivity index (χ4v) is 2.73. The molecule has 2 N–H and O–H groups in total. The molecule has 0 aromatic heterocycles. The highest BCUT2D eigenvalue weighted by molar-refractivity contribution is 6.32. The average molecular weight is 300 g/mol. The van der Waals surface area contributed by atoms with Gasteiger partial charge in [-0.2, -0.15) is 0 Å². The van der Waals surface area contributed by atoms with E-state index in [0.29, 0.717) is 16.5 Å². The van der Waals surface area contributed by atoms with Gasteiger partial charge in [0, 0.05) is 6.54 Å². The van der Waals surface area contributed by atoms with E-state index in [2.05, 4.69) is 12.2 Å². The first-order valence-electron chi connectivity index (χ1n) is 7.07. The van der Waals surface area contributed by atoms with Crippen molar-refractivity contribution in [2.45, 2.75) is 44.9 Å². The van der Waals surface area contributed by atoms with E-state index in [9.17, 15) is 5.11 Å². The SMILES string of the molecule is CCNCc1cc(Cl)c(OC2CCCC2O)c(OC)c1. The second-order valence-corrected chi connectivity index (χ2v) is 5.45. The predicted molar refractivity (Wildman–Crippen MR) is 79.7 cm³/mol. The van der Waals surface area contributed by atoms with Gasteiger partial charge in [0.15, 0.2) is 11.5 Å². The van der Waals surface area contributed by atoms with Gasteiger partial charge in [-0.05, 0) is 43.5 Å². The highest BCUT2D eigenvalue weighted by Gasteiger charge is 2.28. The standard InChI is InChI=1S/C15H22ClNO3/c1-3-17-9-10-7-11(16)15(14(8-10)19-2)20-13-6-4-5-12(13)18/h7-8,12-13,17-18H,3-6,9H2,1-2H3. The second kappa shape index (κ2) is 7.16. The van der Waals surface area contributed by atoms with Crippen LogP contribution in [-0.4, -0.2) is 31.0 Å². The summed E-state index contributed by atoms with van der Waals surface area (Å²) in [5, 5.41) is 13.6. The molecule has 0 spiro atoms. The third-order valence-electron chi connectivity index (χ3n) is 3.56. The van der Waals surface area contributed by atoms with Crippen molar-refractivity contribution in [1.82, 2.24) is 5.32 Å². The van der Waals surface area contributed by atoms with E-state index in [0.717, 1.165) is 37.9 Å². The Morgan fingerprint density at radius 2 is 2.20 bits per heavy atom. The van der Waals surface area contributed by atoms with Gasteiger partial charge in [0.05, 0.1) is 18.2 Å². The normalized spacial score (nSPS) is 22.0. The molecule has 4 nitrogen and oxygen atoms in total. The molecule has 1 aromatic rings. The van der Waals surface area contributed by atoms with Gasteiger partial charge >= 0.3 is 0 Å². The minimum atomic E-state index is -0.419. The maximum atomic E-state index is 9.86. The maximum absolute atomic E-state index is 9.86. The van der Waals surface area contributed by atoms with Crippen LogP contribution >= 0.6 is 11.6 Å². The second-order valence-electron chi connectivity index (χ2n) is 5.04. The number of halogens is 1. The Labute approximate surface area is 125 Å². The van der Waals surface area contributed by atoms with Crippen molar-refractivity contribution in [3.63, 3.8) is 0 Å². The lowest BCUT2D eigenvalue weighted by Crippen LogP contribution is -2.26. The average Bonchev–Trinajstić information content (AvgIpc) is 2.84. The Morgan fingerprint density at radius 1 is 1.40 bits per heavy atom. The summed E-state index contributed by atoms with van der Waals surface area (Å²) in [6.45, 7) is 3.68. The topological polar surface area (TPSA) is 50.7 Å². The number of hydrogen-bond acceptors (Lipinski definition) is 4. The number of benzene rings is 1. The van der Waals surface area contributed by atoms with Crippen molar-refractivity contribution in [1.29, 1.82) is 0 Å². The first kappa shape index (κ1) is 15.4. The lowest BCUT2D eigenvalue weighted by Gasteiger charge is -2.20. The van der Waals surface area contributed by atoms with Crippen molar-refractivity contribution in [3.05, 3.63) is 22.7 Å². The van der Waals surface area contributed by atoms with Crippen LogP contribution in [0.4, 0.5) is 0 Å². The summed E-state index contributed by atoms with van der Waals surface area (Å²) in [6.07, 6.45) is 1.99. The zero-order valence-corrected chi connectivity index (χ0v) is 12.7. The molecule has 0 heterocycles. The fourth-order valence-electron chi connectivity index (χ4n) is 2.45. The Balaban J connectivity index is 2.18. The van der Waals surface area contributed by atoms with Crippen LogP contribution in [0.3, 0.4) is 0 Å². The van der Waals surface area contributed by atoms with Gasteiger partial charge in [0.2, 0.25) is 0 Å². The molecule has 0 aliphatic heterocycles. The fraction of sp³-hybridized carbons (Fsp3) is 0.600. The molecular weight excluding hydrogens is 278 g/mol. The highest BCUT2D eigenvalue weighted by atomic mass is 35.5. The summed E-state index contributed by atoms with van der Waals surface area (Å²) in [5.41, 5.74) is 1.05. The molecule has 1 aromatic carbocycles. The molecule has 2 atom stereocenters. The number of aliphatic hydroxyl groups is 1. The predicted octanol–water partition coefficient (Wildman–Crippen LogP) is 2.75. The first-order valence-corrected chi connectivity index (χ1v) is 7.45. The molecule has 2 rings (SSSR count). The molecule has 112 valence electrons. The number of ether oxygens (including phenoxy) is 2. The number of aliphatic hydroxyl groups excluding tert-OH is 1. The largest absolute Gasteiger partial charge is 0.493 e. The Kier molecular flexibility index (Phi) is 5.52. The van der Waals surface area contributed by atoms with Gasteiger partial charge in [-0.3, -0.25) is 0 Å². The van der Waals surface area contributed by atoms with Crippen LogP contribution in [-0.2, 0) is 6.54 Å². The molecule has 2 unspecified atom stereocenters. The van der Waals surface area contributed by atoms with E-state index in [4.69, 9.17) is 21.1 Å². The number of methoxy groups -OCH3 is 1. The summed E-state index contributed by atoms with van der Waals surface area (Å²) in [6, 6.07) is 3.80. The van der Waals surface area contributed by atoms with E-state index in [-0.39, 0.29) is 6.10 Å². The minimum absolute atomic E-state index is 0.194. The van der Waals surface area contributed by atoms with Gasteiger partial charge in [-0.25, -0.2) is 0 Å². The molecule has 1 aliphatic carbocycles. The van der Waals surface area contributed by atoms with E-state index in [1.807, 2.05) is 12.1 Å². The van der Waals surface area contributed by atoms with Crippen LogP contribution in [0, 0.1) is 0 Å². The molecule has 1 fully saturated rings. The van der Waals surface area contributed by atoms with Crippen LogP contribution in [0.5, 0.6) is 11.5 Å². The van der Waals surface area contributed by atoms with Crippen LogP contribution in [0.1, 0.15) is 31.7 Å². The van der Waals surface area contributed by atoms with Gasteiger partial charge in [-0.1, -0.05) is 18.5 Å². The van der Waals surface area contributed by atoms with Gasteiger partial charge in [-0.15, -0.1) is 0 Å². The molecule has 0 saturated heterocycles. The zero-order chi connectivity index (χ0) is 14.5. The van der Waals surface area contributed by atoms with Crippen LogP contribution in [0.25, 0.3) is 0 Å². The van der Waals surface area contributed by atoms with Crippen LogP contribution in [0.2, 0.25) is 5.02 Å². The van der Waals surface area contributed by atoms with Crippen molar-refractivity contribution in [2.24, 2.45) is 0 Å². The maximum Gasteiger partial charge on any atom is 0.180 e. The molecular formula is C15H22ClNO3. The third kappa shape index (κ3) is 3.57. The van der Waals surface area contributed by atoms with Gasteiger partial charge in [0.25, 0.3) is 0 Å². The number of nitrogens with one attached hydrogen (secondary N) is 1. The Morgan fingerprint density at radius 3 is 2.80 bits per heavy atom. The van der Waals surface area contributed by atoms with Crippen molar-refractivity contribution in [2.75, 3.05) is 13.7 Å². The van der Waals surface area contributed by atoms with Crippen LogP contribution in [0.15, 0.2) is 12.1 Å². The number of rotatable bonds is 6. The van der Waals surface area contributed by atoms with Crippen molar-refractivity contribution < 1.29 is 14.6 Å². The molecule has 20 heavy (non-hydrogen) atoms. The Bertz CT molecular complexity index is 453. The molecule has 0 bridgehead atoms. The minimum Gasteiger partial charge on any atom is -0.493 e. The van der Waals surface area contributed by atoms with Gasteiger partial charge in [0.1, 0.15) is 6.10 Å². The van der Waals surface area contributed by atoms with E-state index < -0.39 is 6.10 Å². The smallest absolute Gasteiger partial charge is 0.180 e. The lowest BCUT2D eigenvalue weighted by atomic mass is 10.2. The summed E-state index contributed by atoms with van der Waals surface area (Å²) in [5.74, 6) is 1.14. The molecule has 5 heteroatoms. The molecule has 0 amide bonds. The molecule has 0 radical (unpaired) electrons. The summed E-state index contributed by atoms with van der Waals surface area (Å²) >= 11 is 6.30. The summed E-state index contributed by atoms with van der Waals surface area (Å²) in [4.78, 5) is 0. The highest BCUT2D eigenvalue weighted by Crippen LogP contribution is 2.39. The number of hydrogen-bond donors (Lipinski definition) is 2. The first-order chi connectivity index (χ1) is 9.65. The third-order valence-corrected chi connectivity index (χ3v) is 3.84. The van der Waals surface area contributed by atoms with Gasteiger partial charge < -0.3 is 19.9 Å². The summed E-state index contributed by atoms with van der Waals surface area (Å²) < 4.78 is 11.2. The van der Waals surface area contributed by atoms with E-state index >= 15 is 0 Å². The van der Waals surface area contributed by atoms with Crippen molar-refractivity contribution in [3.8, 4) is 11.5 Å². The van der Waals surface area contributed by atoms with E-state index in [1.165, 1.54) is 0 Å². The monoisotopic (exact) mass is 299 g/mol. The Hall–Kier alpha value is -0.970. The quantitative estimate of drug-likeness (QED) is 0.848. The lowest BCUT2D eigenvalue weighted by molar-refractivity contribution is 0.0587. The van der Waals surface area contributed by atoms with Crippen LogP contribution < -0.4 is 14.8 Å². The van der Waals surface area contributed by atoms with Crippen molar-refractivity contribution >= 4 is 11.6 Å². The zero-order valence-electron chi connectivity index (χ0n) is 12.0. The van der Waals surface area contributed by atoms with E-state index in [1.54, 1.807) is 7.11 Å². The summed E-state index contributed by atoms with van der Waals surface area (Å²) in [7, 11) is 1.60. The molecule has 1 saturated carbocycles.